The van der Waals surface area contributed by atoms with Gasteiger partial charge in [-0.3, -0.25) is 9.59 Å². The van der Waals surface area contributed by atoms with Crippen LogP contribution in [-0.2, 0) is 9.59 Å². The monoisotopic (exact) mass is 313 g/mol. The van der Waals surface area contributed by atoms with Crippen LogP contribution >= 0.6 is 15.9 Å². The Morgan fingerprint density at radius 3 is 2.33 bits per heavy atom. The van der Waals surface area contributed by atoms with Gasteiger partial charge in [-0.05, 0) is 30.5 Å². The molecular formula is C13H16BrNO3. The molecule has 1 unspecified atom stereocenters. The number of carboxylic acid groups (broad SMARTS) is 1. The second-order valence-corrected chi connectivity index (χ2v) is 5.20. The Kier molecular flexibility index (Phi) is 5.34. The lowest BCUT2D eigenvalue weighted by atomic mass is 9.97. The first-order valence-corrected chi connectivity index (χ1v) is 6.47. The quantitative estimate of drug-likeness (QED) is 0.878. The molecule has 0 radical (unpaired) electrons. The minimum absolute atomic E-state index is 0.0547. The van der Waals surface area contributed by atoms with Gasteiger partial charge in [0.2, 0.25) is 5.91 Å². The topological polar surface area (TPSA) is 66.4 Å². The lowest BCUT2D eigenvalue weighted by Gasteiger charge is -2.14. The Labute approximate surface area is 115 Å². The van der Waals surface area contributed by atoms with Crippen LogP contribution in [0.25, 0.3) is 0 Å². The van der Waals surface area contributed by atoms with Gasteiger partial charge in [-0.2, -0.15) is 0 Å². The molecule has 2 atom stereocenters. The van der Waals surface area contributed by atoms with Crippen molar-refractivity contribution in [3.63, 3.8) is 0 Å². The predicted molar refractivity (Wildman–Crippen MR) is 72.4 cm³/mol. The number of hydrogen-bond donors (Lipinski definition) is 2. The molecule has 2 N–H and O–H groups in total. The second kappa shape index (κ2) is 6.54. The number of rotatable bonds is 5. The highest BCUT2D eigenvalue weighted by Gasteiger charge is 2.16. The van der Waals surface area contributed by atoms with Gasteiger partial charge < -0.3 is 10.4 Å². The largest absolute Gasteiger partial charge is 0.480 e. The number of carbonyl (C=O) groups excluding carboxylic acids is 1. The SMILES string of the molecule is CC(CC(=O)N[C@H](C)C(=O)O)c1ccc(Br)cc1. The maximum atomic E-state index is 11.6. The van der Waals surface area contributed by atoms with Crippen molar-refractivity contribution in [1.29, 1.82) is 0 Å². The fraction of sp³-hybridized carbons (Fsp3) is 0.385. The smallest absolute Gasteiger partial charge is 0.325 e. The molecule has 0 aliphatic carbocycles. The van der Waals surface area contributed by atoms with E-state index in [1.807, 2.05) is 31.2 Å². The molecule has 18 heavy (non-hydrogen) atoms. The maximum Gasteiger partial charge on any atom is 0.325 e. The molecule has 1 aromatic carbocycles. The third kappa shape index (κ3) is 4.49. The van der Waals surface area contributed by atoms with Gasteiger partial charge in [0, 0.05) is 10.9 Å². The highest BCUT2D eigenvalue weighted by Crippen LogP contribution is 2.21. The van der Waals surface area contributed by atoms with E-state index < -0.39 is 12.0 Å². The number of halogens is 1. The number of carbonyl (C=O) groups is 2. The lowest BCUT2D eigenvalue weighted by Crippen LogP contribution is -2.38. The summed E-state index contributed by atoms with van der Waals surface area (Å²) in [5.74, 6) is -1.22. The summed E-state index contributed by atoms with van der Waals surface area (Å²) in [6.07, 6.45) is 0.277. The Balaban J connectivity index is 2.54. The molecule has 1 rings (SSSR count). The number of carboxylic acids is 1. The molecule has 98 valence electrons. The zero-order valence-electron chi connectivity index (χ0n) is 10.3. The van der Waals surface area contributed by atoms with Crippen LogP contribution in [0, 0.1) is 0 Å². The molecule has 1 amide bonds. The van der Waals surface area contributed by atoms with Crippen molar-refractivity contribution in [2.45, 2.75) is 32.2 Å². The zero-order chi connectivity index (χ0) is 13.7. The molecule has 4 nitrogen and oxygen atoms in total. The fourth-order valence-electron chi connectivity index (χ4n) is 1.55. The number of benzene rings is 1. The Morgan fingerprint density at radius 1 is 1.28 bits per heavy atom. The summed E-state index contributed by atoms with van der Waals surface area (Å²) < 4.78 is 0.988. The molecule has 0 fully saturated rings. The molecule has 1 aromatic rings. The van der Waals surface area contributed by atoms with Gasteiger partial charge in [-0.1, -0.05) is 35.0 Å². The Morgan fingerprint density at radius 2 is 1.83 bits per heavy atom. The minimum Gasteiger partial charge on any atom is -0.480 e. The summed E-state index contributed by atoms with van der Waals surface area (Å²) in [7, 11) is 0. The first-order valence-electron chi connectivity index (χ1n) is 5.67. The van der Waals surface area contributed by atoms with E-state index in [9.17, 15) is 9.59 Å². The van der Waals surface area contributed by atoms with Crippen molar-refractivity contribution in [2.75, 3.05) is 0 Å². The van der Waals surface area contributed by atoms with Crippen LogP contribution in [0.15, 0.2) is 28.7 Å². The van der Waals surface area contributed by atoms with Crippen LogP contribution in [0.5, 0.6) is 0 Å². The zero-order valence-corrected chi connectivity index (χ0v) is 11.9. The van der Waals surface area contributed by atoms with E-state index >= 15 is 0 Å². The van der Waals surface area contributed by atoms with E-state index in [0.29, 0.717) is 0 Å². The number of aliphatic carboxylic acids is 1. The van der Waals surface area contributed by atoms with Crippen molar-refractivity contribution in [1.82, 2.24) is 5.32 Å². The average Bonchev–Trinajstić information content (AvgIpc) is 2.29. The Hall–Kier alpha value is -1.36. The van der Waals surface area contributed by atoms with Gasteiger partial charge in [0.1, 0.15) is 6.04 Å². The summed E-state index contributed by atoms with van der Waals surface area (Å²) in [4.78, 5) is 22.2. The maximum absolute atomic E-state index is 11.6. The number of nitrogens with one attached hydrogen (secondary N) is 1. The van der Waals surface area contributed by atoms with E-state index in [4.69, 9.17) is 5.11 Å². The van der Waals surface area contributed by atoms with Gasteiger partial charge in [0.25, 0.3) is 0 Å². The molecule has 0 saturated carbocycles. The Bertz CT molecular complexity index is 430. The van der Waals surface area contributed by atoms with Crippen LogP contribution in [0.1, 0.15) is 31.7 Å². The molecule has 0 heterocycles. The highest BCUT2D eigenvalue weighted by molar-refractivity contribution is 9.10. The number of amides is 1. The summed E-state index contributed by atoms with van der Waals surface area (Å²) >= 11 is 3.35. The van der Waals surface area contributed by atoms with Gasteiger partial charge in [-0.25, -0.2) is 0 Å². The van der Waals surface area contributed by atoms with Gasteiger partial charge >= 0.3 is 5.97 Å². The van der Waals surface area contributed by atoms with Crippen LogP contribution in [0.2, 0.25) is 0 Å². The van der Waals surface area contributed by atoms with Gasteiger partial charge in [0.05, 0.1) is 0 Å². The predicted octanol–water partition coefficient (Wildman–Crippen LogP) is 2.53. The van der Waals surface area contributed by atoms with Crippen molar-refractivity contribution in [3.8, 4) is 0 Å². The summed E-state index contributed by atoms with van der Waals surface area (Å²) in [5, 5.41) is 11.1. The van der Waals surface area contributed by atoms with E-state index in [1.165, 1.54) is 6.92 Å². The molecule has 0 spiro atoms. The van der Waals surface area contributed by atoms with E-state index in [0.717, 1.165) is 10.0 Å². The molecule has 0 saturated heterocycles. The minimum atomic E-state index is -1.03. The molecular weight excluding hydrogens is 298 g/mol. The van der Waals surface area contributed by atoms with Crippen molar-refractivity contribution in [3.05, 3.63) is 34.3 Å². The number of hydrogen-bond acceptors (Lipinski definition) is 2. The van der Waals surface area contributed by atoms with Gasteiger partial charge in [0.15, 0.2) is 0 Å². The van der Waals surface area contributed by atoms with E-state index in [2.05, 4.69) is 21.2 Å². The van der Waals surface area contributed by atoms with Crippen LogP contribution in [0.4, 0.5) is 0 Å². The molecule has 0 bridgehead atoms. The fourth-order valence-corrected chi connectivity index (χ4v) is 1.81. The summed E-state index contributed by atoms with van der Waals surface area (Å²) in [6, 6.07) is 6.88. The molecule has 5 heteroatoms. The first-order chi connectivity index (χ1) is 8.40. The standard InChI is InChI=1S/C13H16BrNO3/c1-8(10-3-5-11(14)6-4-10)7-12(16)15-9(2)13(17)18/h3-6,8-9H,7H2,1-2H3,(H,15,16)(H,17,18)/t8?,9-/m1/s1. The van der Waals surface area contributed by atoms with Crippen LogP contribution in [0.3, 0.4) is 0 Å². The van der Waals surface area contributed by atoms with E-state index in [1.54, 1.807) is 0 Å². The van der Waals surface area contributed by atoms with Crippen molar-refractivity contribution in [2.24, 2.45) is 0 Å². The van der Waals surface area contributed by atoms with Crippen LogP contribution in [-0.4, -0.2) is 23.0 Å². The highest BCUT2D eigenvalue weighted by atomic mass is 79.9. The summed E-state index contributed by atoms with van der Waals surface area (Å²) in [5.41, 5.74) is 1.05. The first kappa shape index (κ1) is 14.7. The molecule has 0 aliphatic heterocycles. The lowest BCUT2D eigenvalue weighted by molar-refractivity contribution is -0.141. The van der Waals surface area contributed by atoms with Crippen molar-refractivity contribution >= 4 is 27.8 Å². The molecule has 0 aliphatic rings. The second-order valence-electron chi connectivity index (χ2n) is 4.28. The molecule has 0 aromatic heterocycles. The normalized spacial score (nSPS) is 13.7. The summed E-state index contributed by atoms with van der Waals surface area (Å²) in [6.45, 7) is 3.39. The third-order valence-electron chi connectivity index (χ3n) is 2.68. The van der Waals surface area contributed by atoms with Crippen LogP contribution < -0.4 is 5.32 Å². The van der Waals surface area contributed by atoms with Crippen molar-refractivity contribution < 1.29 is 14.7 Å². The average molecular weight is 314 g/mol. The van der Waals surface area contributed by atoms with Gasteiger partial charge in [-0.15, -0.1) is 0 Å². The third-order valence-corrected chi connectivity index (χ3v) is 3.21. The van der Waals surface area contributed by atoms with E-state index in [-0.39, 0.29) is 18.2 Å².